The van der Waals surface area contributed by atoms with Gasteiger partial charge in [-0.1, -0.05) is 71.1 Å². The molecule has 6 heteroatoms. The minimum absolute atomic E-state index is 0.476. The third-order valence-electron chi connectivity index (χ3n) is 6.15. The molecule has 5 nitrogen and oxygen atoms in total. The molecule has 1 atom stereocenters. The van der Waals surface area contributed by atoms with Gasteiger partial charge in [0.15, 0.2) is 0 Å². The summed E-state index contributed by atoms with van der Waals surface area (Å²) in [5.74, 6) is 6.46. The van der Waals surface area contributed by atoms with Crippen molar-refractivity contribution in [3.63, 3.8) is 0 Å². The van der Waals surface area contributed by atoms with Gasteiger partial charge in [-0.25, -0.2) is 4.59 Å². The smallest absolute Gasteiger partial charge is 0.267 e. The van der Waals surface area contributed by atoms with Crippen molar-refractivity contribution in [2.45, 2.75) is 115 Å². The molecule has 0 bridgehead atoms. The van der Waals surface area contributed by atoms with Gasteiger partial charge < -0.3 is 0 Å². The zero-order valence-electron chi connectivity index (χ0n) is 17.7. The van der Waals surface area contributed by atoms with E-state index in [2.05, 4.69) is 6.92 Å². The number of nitrogens with two attached hydrogens (primary N) is 1. The van der Waals surface area contributed by atoms with E-state index in [1.165, 1.54) is 64.2 Å². The molecule has 0 aromatic rings. The zero-order chi connectivity index (χ0) is 20.0. The van der Waals surface area contributed by atoms with Gasteiger partial charge in [0.1, 0.15) is 0 Å². The molecule has 1 unspecified atom stereocenters. The van der Waals surface area contributed by atoms with Crippen molar-refractivity contribution < 1.29 is 17.6 Å². The Morgan fingerprint density at radius 3 is 1.78 bits per heavy atom. The van der Waals surface area contributed by atoms with Gasteiger partial charge in [0.25, 0.3) is 10.1 Å². The maximum atomic E-state index is 11.8. The molecule has 0 aromatic heterocycles. The van der Waals surface area contributed by atoms with Gasteiger partial charge in [-0.2, -0.15) is 14.3 Å². The fourth-order valence-corrected chi connectivity index (χ4v) is 5.11. The summed E-state index contributed by atoms with van der Waals surface area (Å²) in [5, 5.41) is -0.645. The lowest BCUT2D eigenvalue weighted by Gasteiger charge is -2.32. The molecule has 1 aliphatic rings. The van der Waals surface area contributed by atoms with Crippen molar-refractivity contribution in [2.24, 2.45) is 5.84 Å². The number of rotatable bonds is 15. The van der Waals surface area contributed by atoms with Crippen LogP contribution in [0.1, 0.15) is 110 Å². The lowest BCUT2D eigenvalue weighted by atomic mass is 10.0. The van der Waals surface area contributed by atoms with Crippen molar-refractivity contribution in [3.05, 3.63) is 0 Å². The molecule has 3 N–H and O–H groups in total. The van der Waals surface area contributed by atoms with E-state index in [0.717, 1.165) is 38.8 Å². The SMILES string of the molecule is CCCCCCCCCCCCC(CC[N+]1(N)CCCCCC1)S(=O)(=O)O. The zero-order valence-corrected chi connectivity index (χ0v) is 18.5. The lowest BCUT2D eigenvalue weighted by Crippen LogP contribution is -2.56. The lowest BCUT2D eigenvalue weighted by molar-refractivity contribution is -0.939. The summed E-state index contributed by atoms with van der Waals surface area (Å²) < 4.78 is 33.6. The topological polar surface area (TPSA) is 80.4 Å². The highest BCUT2D eigenvalue weighted by Gasteiger charge is 2.30. The van der Waals surface area contributed by atoms with Crippen LogP contribution in [0.2, 0.25) is 0 Å². The van der Waals surface area contributed by atoms with Crippen molar-refractivity contribution >= 4 is 10.1 Å². The van der Waals surface area contributed by atoms with E-state index in [9.17, 15) is 13.0 Å². The normalized spacial score (nSPS) is 18.9. The third-order valence-corrected chi connectivity index (χ3v) is 7.47. The van der Waals surface area contributed by atoms with Gasteiger partial charge in [0, 0.05) is 6.42 Å². The van der Waals surface area contributed by atoms with E-state index in [-0.39, 0.29) is 0 Å². The fourth-order valence-electron chi connectivity index (χ4n) is 4.25. The van der Waals surface area contributed by atoms with Crippen LogP contribution in [-0.2, 0) is 10.1 Å². The molecule has 0 spiro atoms. The summed E-state index contributed by atoms with van der Waals surface area (Å²) in [6.07, 6.45) is 18.0. The monoisotopic (exact) mass is 405 g/mol. The van der Waals surface area contributed by atoms with E-state index in [1.807, 2.05) is 0 Å². The Morgan fingerprint density at radius 2 is 1.30 bits per heavy atom. The highest BCUT2D eigenvalue weighted by atomic mass is 32.2. The average Bonchev–Trinajstić information content (AvgIpc) is 2.83. The van der Waals surface area contributed by atoms with Crippen molar-refractivity contribution in [1.29, 1.82) is 0 Å². The first kappa shape index (κ1) is 24.9. The second kappa shape index (κ2) is 13.9. The first-order valence-electron chi connectivity index (χ1n) is 11.5. The molecule has 27 heavy (non-hydrogen) atoms. The number of unbranched alkanes of at least 4 members (excludes halogenated alkanes) is 9. The van der Waals surface area contributed by atoms with Crippen LogP contribution in [0.4, 0.5) is 0 Å². The maximum Gasteiger partial charge on any atom is 0.267 e. The van der Waals surface area contributed by atoms with E-state index < -0.39 is 15.4 Å². The number of likely N-dealkylation sites (tertiary alicyclic amines) is 1. The Morgan fingerprint density at radius 1 is 0.815 bits per heavy atom. The third kappa shape index (κ3) is 12.1. The largest absolute Gasteiger partial charge is 0.285 e. The number of hydrogen-bond acceptors (Lipinski definition) is 3. The molecule has 1 aliphatic heterocycles. The van der Waals surface area contributed by atoms with Gasteiger partial charge in [-0.3, -0.25) is 4.55 Å². The first-order valence-corrected chi connectivity index (χ1v) is 13.0. The summed E-state index contributed by atoms with van der Waals surface area (Å²) in [6, 6.07) is 0. The standard InChI is InChI=1S/C21H44N2O3S/c1-2-3-4-5-6-7-8-9-10-13-16-21(27(24,25)26)17-20-23(22)18-14-11-12-15-19-23/h21H,2-20,22H2,1H3/p+1. The van der Waals surface area contributed by atoms with Gasteiger partial charge in [-0.05, 0) is 32.1 Å². The minimum atomic E-state index is -3.98. The summed E-state index contributed by atoms with van der Waals surface area (Å²) >= 11 is 0. The van der Waals surface area contributed by atoms with Crippen LogP contribution in [0, 0.1) is 0 Å². The van der Waals surface area contributed by atoms with Gasteiger partial charge in [0.05, 0.1) is 24.9 Å². The molecular weight excluding hydrogens is 360 g/mol. The van der Waals surface area contributed by atoms with E-state index in [0.29, 0.717) is 24.0 Å². The van der Waals surface area contributed by atoms with Crippen molar-refractivity contribution in [1.82, 2.24) is 0 Å². The van der Waals surface area contributed by atoms with Crippen LogP contribution in [0.5, 0.6) is 0 Å². The average molecular weight is 406 g/mol. The molecule has 1 heterocycles. The van der Waals surface area contributed by atoms with Crippen LogP contribution in [0.25, 0.3) is 0 Å². The van der Waals surface area contributed by atoms with Crippen LogP contribution >= 0.6 is 0 Å². The molecule has 0 radical (unpaired) electrons. The van der Waals surface area contributed by atoms with Crippen LogP contribution in [-0.4, -0.2) is 42.4 Å². The fraction of sp³-hybridized carbons (Fsp3) is 1.00. The van der Waals surface area contributed by atoms with Gasteiger partial charge >= 0.3 is 0 Å². The molecule has 1 saturated heterocycles. The minimum Gasteiger partial charge on any atom is -0.285 e. The van der Waals surface area contributed by atoms with Crippen LogP contribution in [0.15, 0.2) is 0 Å². The quantitative estimate of drug-likeness (QED) is 0.170. The molecular formula is C21H45N2O3S+. The second-order valence-corrected chi connectivity index (χ2v) is 10.4. The Kier molecular flexibility index (Phi) is 12.8. The van der Waals surface area contributed by atoms with Crippen molar-refractivity contribution in [3.8, 4) is 0 Å². The Balaban J connectivity index is 2.21. The Labute approximate surface area is 168 Å². The molecule has 0 aromatic carbocycles. The number of hydrogen-bond donors (Lipinski definition) is 2. The molecule has 1 fully saturated rings. The predicted octanol–water partition coefficient (Wildman–Crippen LogP) is 5.21. The maximum absolute atomic E-state index is 11.8. The summed E-state index contributed by atoms with van der Waals surface area (Å²) in [4.78, 5) is 0. The summed E-state index contributed by atoms with van der Waals surface area (Å²) in [6.45, 7) is 4.75. The Bertz CT molecular complexity index is 460. The predicted molar refractivity (Wildman–Crippen MR) is 114 cm³/mol. The van der Waals surface area contributed by atoms with Gasteiger partial charge in [0.2, 0.25) is 0 Å². The number of quaternary nitrogens is 1. The van der Waals surface area contributed by atoms with E-state index >= 15 is 0 Å². The highest BCUT2D eigenvalue weighted by Crippen LogP contribution is 2.20. The summed E-state index contributed by atoms with van der Waals surface area (Å²) in [7, 11) is -3.98. The molecule has 0 saturated carbocycles. The van der Waals surface area contributed by atoms with Gasteiger partial charge in [-0.15, -0.1) is 0 Å². The highest BCUT2D eigenvalue weighted by molar-refractivity contribution is 7.86. The molecule has 0 amide bonds. The van der Waals surface area contributed by atoms with Crippen LogP contribution < -0.4 is 5.84 Å². The first-order chi connectivity index (χ1) is 12.9. The molecule has 1 rings (SSSR count). The van der Waals surface area contributed by atoms with Crippen LogP contribution in [0.3, 0.4) is 0 Å². The summed E-state index contributed by atoms with van der Waals surface area (Å²) in [5.41, 5.74) is 0. The number of nitrogens with zero attached hydrogens (tertiary/aromatic N) is 1. The molecule has 0 aliphatic carbocycles. The van der Waals surface area contributed by atoms with E-state index in [4.69, 9.17) is 5.84 Å². The van der Waals surface area contributed by atoms with Crippen molar-refractivity contribution in [2.75, 3.05) is 19.6 Å². The Hall–Kier alpha value is -0.170. The molecule has 162 valence electrons. The van der Waals surface area contributed by atoms with E-state index in [1.54, 1.807) is 0 Å². The second-order valence-electron chi connectivity index (χ2n) is 8.70.